The molecule has 8 heteroatoms. The van der Waals surface area contributed by atoms with Crippen LogP contribution in [-0.4, -0.2) is 43.0 Å². The van der Waals surface area contributed by atoms with Gasteiger partial charge in [0.05, 0.1) is 0 Å². The highest BCUT2D eigenvalue weighted by Crippen LogP contribution is 2.25. The van der Waals surface area contributed by atoms with E-state index < -0.39 is 11.2 Å². The van der Waals surface area contributed by atoms with Crippen molar-refractivity contribution in [3.05, 3.63) is 50.3 Å². The minimum absolute atomic E-state index is 0.120. The van der Waals surface area contributed by atoms with Crippen molar-refractivity contribution < 1.29 is 4.79 Å². The third-order valence-electron chi connectivity index (χ3n) is 4.33. The number of aromatic amines is 1. The van der Waals surface area contributed by atoms with Gasteiger partial charge in [-0.2, -0.15) is 0 Å². The molecule has 3 rings (SSSR count). The first-order valence-electron chi connectivity index (χ1n) is 7.46. The predicted octanol–water partition coefficient (Wildman–Crippen LogP) is -0.255. The van der Waals surface area contributed by atoms with E-state index in [0.29, 0.717) is 13.1 Å². The number of hydrogen-bond acceptors (Lipinski definition) is 4. The Morgan fingerprint density at radius 3 is 2.70 bits per heavy atom. The summed E-state index contributed by atoms with van der Waals surface area (Å²) in [7, 11) is 2.89. The molecule has 2 aromatic rings. The summed E-state index contributed by atoms with van der Waals surface area (Å²) in [5.74, 6) is 0.722. The van der Waals surface area contributed by atoms with E-state index in [1.807, 2.05) is 6.92 Å². The van der Waals surface area contributed by atoms with Gasteiger partial charge in [0.2, 0.25) is 0 Å². The Morgan fingerprint density at radius 2 is 2.04 bits per heavy atom. The van der Waals surface area contributed by atoms with Gasteiger partial charge in [0.25, 0.3) is 11.5 Å². The topological polar surface area (TPSA) is 93.0 Å². The molecule has 1 fully saturated rings. The highest BCUT2D eigenvalue weighted by Gasteiger charge is 2.30. The molecule has 122 valence electrons. The molecule has 1 N–H and O–H groups in total. The van der Waals surface area contributed by atoms with E-state index in [9.17, 15) is 14.4 Å². The third kappa shape index (κ3) is 2.60. The summed E-state index contributed by atoms with van der Waals surface area (Å²) in [6, 6.07) is 1.22. The van der Waals surface area contributed by atoms with Crippen LogP contribution in [0.25, 0.3) is 0 Å². The molecule has 3 heterocycles. The number of aromatic nitrogens is 4. The van der Waals surface area contributed by atoms with E-state index in [0.717, 1.165) is 22.5 Å². The van der Waals surface area contributed by atoms with Crippen LogP contribution in [0, 0.1) is 6.92 Å². The van der Waals surface area contributed by atoms with Crippen molar-refractivity contribution >= 4 is 5.91 Å². The van der Waals surface area contributed by atoms with Crippen LogP contribution in [-0.2, 0) is 14.1 Å². The molecule has 1 aliphatic heterocycles. The zero-order valence-corrected chi connectivity index (χ0v) is 13.4. The molecule has 23 heavy (non-hydrogen) atoms. The van der Waals surface area contributed by atoms with Crippen molar-refractivity contribution in [1.82, 2.24) is 24.0 Å². The van der Waals surface area contributed by atoms with Gasteiger partial charge < -0.3 is 9.88 Å². The van der Waals surface area contributed by atoms with Crippen LogP contribution in [0.2, 0.25) is 0 Å². The largest absolute Gasteiger partial charge is 0.346 e. The van der Waals surface area contributed by atoms with Gasteiger partial charge in [-0.1, -0.05) is 0 Å². The number of aryl methyl sites for hydroxylation is 1. The van der Waals surface area contributed by atoms with Crippen molar-refractivity contribution in [2.24, 2.45) is 14.1 Å². The first-order chi connectivity index (χ1) is 10.9. The van der Waals surface area contributed by atoms with Gasteiger partial charge in [-0.15, -0.1) is 0 Å². The van der Waals surface area contributed by atoms with Crippen LogP contribution in [0.1, 0.15) is 34.3 Å². The average molecular weight is 317 g/mol. The number of nitrogens with one attached hydrogen (secondary N) is 1. The number of nitrogens with zero attached hydrogens (tertiary/aromatic N) is 4. The lowest BCUT2D eigenvalue weighted by atomic mass is 10.1. The Balaban J connectivity index is 1.85. The molecule has 0 spiro atoms. The van der Waals surface area contributed by atoms with Gasteiger partial charge in [0.15, 0.2) is 0 Å². The molecule has 0 saturated carbocycles. The maximum absolute atomic E-state index is 12.7. The van der Waals surface area contributed by atoms with Crippen molar-refractivity contribution in [2.75, 3.05) is 13.1 Å². The average Bonchev–Trinajstić information content (AvgIpc) is 3.17. The fraction of sp³-hybridized carbons (Fsp3) is 0.467. The molecule has 0 unspecified atom stereocenters. The molecule has 2 aromatic heterocycles. The van der Waals surface area contributed by atoms with Crippen molar-refractivity contribution in [3.63, 3.8) is 0 Å². The van der Waals surface area contributed by atoms with Crippen LogP contribution in [0.3, 0.4) is 0 Å². The van der Waals surface area contributed by atoms with Gasteiger partial charge in [0.1, 0.15) is 11.5 Å². The summed E-state index contributed by atoms with van der Waals surface area (Å²) in [6.07, 6.45) is 2.57. The number of rotatable bonds is 2. The minimum Gasteiger partial charge on any atom is -0.346 e. The summed E-state index contributed by atoms with van der Waals surface area (Å²) >= 11 is 0. The van der Waals surface area contributed by atoms with Crippen LogP contribution in [0.5, 0.6) is 0 Å². The van der Waals surface area contributed by atoms with Crippen LogP contribution >= 0.6 is 0 Å². The van der Waals surface area contributed by atoms with E-state index in [-0.39, 0.29) is 17.5 Å². The normalized spacial score (nSPS) is 17.7. The third-order valence-corrected chi connectivity index (χ3v) is 4.33. The zero-order chi connectivity index (χ0) is 16.7. The fourth-order valence-electron chi connectivity index (χ4n) is 2.91. The highest BCUT2D eigenvalue weighted by atomic mass is 16.2. The summed E-state index contributed by atoms with van der Waals surface area (Å²) in [5.41, 5.74) is 0.125. The highest BCUT2D eigenvalue weighted by molar-refractivity contribution is 5.92. The van der Waals surface area contributed by atoms with E-state index in [4.69, 9.17) is 0 Å². The number of amides is 1. The number of imidazole rings is 1. The smallest absolute Gasteiger partial charge is 0.331 e. The number of H-pyrrole nitrogens is 1. The van der Waals surface area contributed by atoms with Crippen molar-refractivity contribution in [2.45, 2.75) is 19.3 Å². The molecule has 1 atom stereocenters. The Hall–Kier alpha value is -2.64. The summed E-state index contributed by atoms with van der Waals surface area (Å²) in [5, 5.41) is 0. The van der Waals surface area contributed by atoms with Gasteiger partial charge in [-0.3, -0.25) is 18.7 Å². The van der Waals surface area contributed by atoms with Crippen molar-refractivity contribution in [1.29, 1.82) is 0 Å². The second-order valence-electron chi connectivity index (χ2n) is 5.96. The standard InChI is InChI=1S/C15H19N5O3/c1-9-7-16-13(17-9)10-4-5-20(8-10)14(22)11-6-12(21)19(3)15(23)18(11)2/h6-7,10H,4-5,8H2,1-3H3,(H,16,17)/t10-/m0/s1. The Labute approximate surface area is 132 Å². The monoisotopic (exact) mass is 317 g/mol. The van der Waals surface area contributed by atoms with E-state index in [1.54, 1.807) is 11.1 Å². The Bertz CT molecular complexity index is 876. The number of hydrogen-bond donors (Lipinski definition) is 1. The number of likely N-dealkylation sites (tertiary alicyclic amines) is 1. The maximum atomic E-state index is 12.7. The van der Waals surface area contributed by atoms with Crippen LogP contribution < -0.4 is 11.2 Å². The SMILES string of the molecule is Cc1cnc([C@H]2CCN(C(=O)c3cc(=O)n(C)c(=O)n3C)C2)[nH]1. The van der Waals surface area contributed by atoms with Crippen LogP contribution in [0.15, 0.2) is 21.9 Å². The molecule has 0 bridgehead atoms. The molecule has 1 amide bonds. The number of carbonyl (C=O) groups excluding carboxylic acids is 1. The number of carbonyl (C=O) groups is 1. The fourth-order valence-corrected chi connectivity index (χ4v) is 2.91. The van der Waals surface area contributed by atoms with Gasteiger partial charge >= 0.3 is 5.69 Å². The summed E-state index contributed by atoms with van der Waals surface area (Å²) < 4.78 is 2.20. The van der Waals surface area contributed by atoms with Crippen LogP contribution in [0.4, 0.5) is 0 Å². The Kier molecular flexibility index (Phi) is 3.67. The van der Waals surface area contributed by atoms with Gasteiger partial charge in [0, 0.05) is 51.1 Å². The molecule has 0 aliphatic carbocycles. The van der Waals surface area contributed by atoms with E-state index in [2.05, 4.69) is 9.97 Å². The molecular formula is C15H19N5O3. The minimum atomic E-state index is -0.502. The van der Waals surface area contributed by atoms with E-state index >= 15 is 0 Å². The van der Waals surface area contributed by atoms with E-state index in [1.165, 1.54) is 24.7 Å². The Morgan fingerprint density at radius 1 is 1.30 bits per heavy atom. The second kappa shape index (κ2) is 5.53. The lowest BCUT2D eigenvalue weighted by molar-refractivity contribution is 0.0778. The molecule has 1 saturated heterocycles. The second-order valence-corrected chi connectivity index (χ2v) is 5.96. The predicted molar refractivity (Wildman–Crippen MR) is 83.5 cm³/mol. The summed E-state index contributed by atoms with van der Waals surface area (Å²) in [4.78, 5) is 45.6. The first kappa shape index (κ1) is 15.3. The van der Waals surface area contributed by atoms with Gasteiger partial charge in [-0.05, 0) is 13.3 Å². The quantitative estimate of drug-likeness (QED) is 0.826. The lowest BCUT2D eigenvalue weighted by Crippen LogP contribution is -2.41. The molecule has 0 radical (unpaired) electrons. The molecular weight excluding hydrogens is 298 g/mol. The zero-order valence-electron chi connectivity index (χ0n) is 13.4. The molecule has 1 aliphatic rings. The molecule has 0 aromatic carbocycles. The first-order valence-corrected chi connectivity index (χ1v) is 7.46. The summed E-state index contributed by atoms with van der Waals surface area (Å²) in [6.45, 7) is 3.03. The van der Waals surface area contributed by atoms with Crippen molar-refractivity contribution in [3.8, 4) is 0 Å². The molecule has 8 nitrogen and oxygen atoms in total. The lowest BCUT2D eigenvalue weighted by Gasteiger charge is -2.18. The maximum Gasteiger partial charge on any atom is 0.331 e. The van der Waals surface area contributed by atoms with Gasteiger partial charge in [-0.25, -0.2) is 9.78 Å².